The van der Waals surface area contributed by atoms with Crippen molar-refractivity contribution >= 4 is 38.1 Å². The van der Waals surface area contributed by atoms with Gasteiger partial charge in [0.05, 0.1) is 28.6 Å². The molecule has 34 heavy (non-hydrogen) atoms. The minimum Gasteiger partial charge on any atom is -0.396 e. The fourth-order valence-corrected chi connectivity index (χ4v) is 6.03. The number of aromatic nitrogens is 4. The summed E-state index contributed by atoms with van der Waals surface area (Å²) in [5.74, 6) is 0. The molecule has 4 N–H and O–H groups in total. The molecule has 1 aliphatic rings. The van der Waals surface area contributed by atoms with Crippen molar-refractivity contribution in [1.29, 1.82) is 5.26 Å². The Hall–Kier alpha value is -3.37. The number of thiazole rings is 1. The first-order valence-electron chi connectivity index (χ1n) is 10.6. The first kappa shape index (κ1) is 22.4. The van der Waals surface area contributed by atoms with E-state index >= 15 is 0 Å². The van der Waals surface area contributed by atoms with E-state index in [1.165, 1.54) is 29.7 Å². The highest BCUT2D eigenvalue weighted by molar-refractivity contribution is 7.89. The fourth-order valence-electron chi connectivity index (χ4n) is 3.93. The maximum atomic E-state index is 12.7. The monoisotopic (exact) mass is 495 g/mol. The highest BCUT2D eigenvalue weighted by atomic mass is 32.2. The number of nitriles is 1. The van der Waals surface area contributed by atoms with Crippen LogP contribution in [0.5, 0.6) is 0 Å². The van der Waals surface area contributed by atoms with Gasteiger partial charge in [-0.25, -0.2) is 28.1 Å². The molecule has 174 valence electrons. The molecule has 0 atom stereocenters. The van der Waals surface area contributed by atoms with Crippen LogP contribution in [-0.2, 0) is 16.4 Å². The Balaban J connectivity index is 1.32. The van der Waals surface area contributed by atoms with Crippen molar-refractivity contribution in [2.24, 2.45) is 0 Å². The highest BCUT2D eigenvalue weighted by Crippen LogP contribution is 2.37. The van der Waals surface area contributed by atoms with Crippen molar-refractivity contribution in [2.75, 3.05) is 11.9 Å². The Morgan fingerprint density at radius 2 is 2.12 bits per heavy atom. The molecule has 0 radical (unpaired) electrons. The largest absolute Gasteiger partial charge is 0.396 e. The van der Waals surface area contributed by atoms with Gasteiger partial charge >= 0.3 is 0 Å². The molecule has 5 rings (SSSR count). The van der Waals surface area contributed by atoms with Crippen LogP contribution in [0.15, 0.2) is 47.2 Å². The van der Waals surface area contributed by atoms with Gasteiger partial charge < -0.3 is 15.4 Å². The lowest BCUT2D eigenvalue weighted by atomic mass is 9.87. The average Bonchev–Trinajstić information content (AvgIpc) is 3.47. The molecule has 1 fully saturated rings. The molecule has 1 aliphatic carbocycles. The first-order chi connectivity index (χ1) is 16.5. The number of fused-ring (bicyclic) bond motifs is 1. The molecule has 0 amide bonds. The number of pyridine rings is 2. The van der Waals surface area contributed by atoms with Crippen LogP contribution in [0.1, 0.15) is 24.1 Å². The van der Waals surface area contributed by atoms with E-state index in [1.807, 2.05) is 23.7 Å². The number of rotatable bonds is 8. The van der Waals surface area contributed by atoms with Crippen molar-refractivity contribution in [1.82, 2.24) is 24.7 Å². The number of nitrogens with zero attached hydrogens (tertiary/aromatic N) is 4. The molecular weight excluding hydrogens is 474 g/mol. The third-order valence-corrected chi connectivity index (χ3v) is 8.03. The number of sulfonamides is 1. The molecule has 4 aromatic rings. The summed E-state index contributed by atoms with van der Waals surface area (Å²) in [4.78, 5) is 16.1. The van der Waals surface area contributed by atoms with Gasteiger partial charge in [0.15, 0.2) is 5.03 Å². The molecule has 0 aliphatic heterocycles. The lowest BCUT2D eigenvalue weighted by molar-refractivity contribution is 0.298. The van der Waals surface area contributed by atoms with Gasteiger partial charge in [-0.2, -0.15) is 5.26 Å². The van der Waals surface area contributed by atoms with Crippen LogP contribution < -0.4 is 10.0 Å². The standard InChI is InChI=1S/C22H21N7O3S2/c23-10-13-1-4-24-19(7-13)34(31,32)29-16-8-15(9-16)27-20-17-2-5-25-21(17)26-11-18(20)22-28-14(3-6-30)12-33-22/h1-2,4-5,7,11-12,15-16,29-30H,3,6,8-9H2,(H2,25,26,27). The summed E-state index contributed by atoms with van der Waals surface area (Å²) in [6.07, 6.45) is 6.60. The van der Waals surface area contributed by atoms with E-state index in [0.29, 0.717) is 19.3 Å². The zero-order valence-corrected chi connectivity index (χ0v) is 19.5. The number of aromatic amines is 1. The number of hydrogen-bond acceptors (Lipinski definition) is 9. The van der Waals surface area contributed by atoms with Crippen molar-refractivity contribution < 1.29 is 13.5 Å². The Morgan fingerprint density at radius 3 is 2.91 bits per heavy atom. The fraction of sp³-hybridized carbons (Fsp3) is 0.273. The van der Waals surface area contributed by atoms with E-state index in [1.54, 1.807) is 6.20 Å². The summed E-state index contributed by atoms with van der Waals surface area (Å²) in [5, 5.41) is 25.3. The summed E-state index contributed by atoms with van der Waals surface area (Å²) in [7, 11) is -3.81. The lowest BCUT2D eigenvalue weighted by Crippen LogP contribution is -2.49. The van der Waals surface area contributed by atoms with E-state index in [0.717, 1.165) is 33.0 Å². The smallest absolute Gasteiger partial charge is 0.258 e. The van der Waals surface area contributed by atoms with Crippen molar-refractivity contribution in [2.45, 2.75) is 36.4 Å². The molecule has 12 heteroatoms. The molecule has 0 unspecified atom stereocenters. The number of aliphatic hydroxyl groups is 1. The van der Waals surface area contributed by atoms with Gasteiger partial charge in [0, 0.05) is 54.5 Å². The Morgan fingerprint density at radius 1 is 1.26 bits per heavy atom. The zero-order valence-electron chi connectivity index (χ0n) is 17.9. The van der Waals surface area contributed by atoms with E-state index in [4.69, 9.17) is 5.26 Å². The third kappa shape index (κ3) is 4.38. The van der Waals surface area contributed by atoms with Gasteiger partial charge in [-0.1, -0.05) is 0 Å². The quantitative estimate of drug-likeness (QED) is 0.290. The lowest BCUT2D eigenvalue weighted by Gasteiger charge is -2.37. The molecular formula is C22H21N7O3S2. The van der Waals surface area contributed by atoms with Crippen molar-refractivity contribution in [3.8, 4) is 16.6 Å². The normalized spacial score (nSPS) is 17.9. The van der Waals surface area contributed by atoms with Crippen molar-refractivity contribution in [3.05, 3.63) is 53.4 Å². The molecule has 4 heterocycles. The maximum Gasteiger partial charge on any atom is 0.258 e. The number of H-pyrrole nitrogens is 1. The second kappa shape index (κ2) is 9.11. The number of hydrogen-bond donors (Lipinski definition) is 4. The Bertz CT molecular complexity index is 1480. The van der Waals surface area contributed by atoms with Crippen LogP contribution in [0.25, 0.3) is 21.6 Å². The number of nitrogens with one attached hydrogen (secondary N) is 3. The summed E-state index contributed by atoms with van der Waals surface area (Å²) in [5.41, 5.74) is 3.58. The number of aliphatic hydroxyl groups excluding tert-OH is 1. The summed E-state index contributed by atoms with van der Waals surface area (Å²) >= 11 is 1.50. The van der Waals surface area contributed by atoms with Gasteiger partial charge in [0.25, 0.3) is 10.0 Å². The summed E-state index contributed by atoms with van der Waals surface area (Å²) in [6.45, 7) is 0.0407. The minimum absolute atomic E-state index is 0.0407. The first-order valence-corrected chi connectivity index (χ1v) is 13.0. The summed E-state index contributed by atoms with van der Waals surface area (Å²) < 4.78 is 28.0. The van der Waals surface area contributed by atoms with Crippen LogP contribution in [0.3, 0.4) is 0 Å². The third-order valence-electron chi connectivity index (χ3n) is 5.68. The second-order valence-corrected chi connectivity index (χ2v) is 10.5. The summed E-state index contributed by atoms with van der Waals surface area (Å²) in [6, 6.07) is 6.42. The van der Waals surface area contributed by atoms with E-state index in [9.17, 15) is 13.5 Å². The molecule has 0 spiro atoms. The van der Waals surface area contributed by atoms with E-state index < -0.39 is 10.0 Å². The average molecular weight is 496 g/mol. The molecule has 1 saturated carbocycles. The van der Waals surface area contributed by atoms with Gasteiger partial charge in [0.2, 0.25) is 0 Å². The maximum absolute atomic E-state index is 12.7. The van der Waals surface area contributed by atoms with Crippen LogP contribution in [0, 0.1) is 11.3 Å². The minimum atomic E-state index is -3.81. The molecule has 0 bridgehead atoms. The molecule has 10 nitrogen and oxygen atoms in total. The predicted molar refractivity (Wildman–Crippen MR) is 128 cm³/mol. The number of anilines is 1. The molecule has 4 aromatic heterocycles. The van der Waals surface area contributed by atoms with Crippen LogP contribution in [0.2, 0.25) is 0 Å². The van der Waals surface area contributed by atoms with Crippen LogP contribution >= 0.6 is 11.3 Å². The van der Waals surface area contributed by atoms with Crippen LogP contribution in [0.4, 0.5) is 5.69 Å². The molecule has 0 aromatic carbocycles. The molecule has 0 saturated heterocycles. The van der Waals surface area contributed by atoms with E-state index in [2.05, 4.69) is 30.0 Å². The van der Waals surface area contributed by atoms with Gasteiger partial charge in [-0.15, -0.1) is 11.3 Å². The Labute approximate surface area is 199 Å². The SMILES string of the molecule is N#Cc1ccnc(S(=O)(=O)NC2CC(Nc3c(-c4nc(CCO)cs4)cnc4[nH]ccc34)C2)c1. The van der Waals surface area contributed by atoms with Gasteiger partial charge in [-0.05, 0) is 31.0 Å². The highest BCUT2D eigenvalue weighted by Gasteiger charge is 2.34. The zero-order chi connectivity index (χ0) is 23.7. The van der Waals surface area contributed by atoms with Crippen LogP contribution in [-0.4, -0.2) is 52.2 Å². The van der Waals surface area contributed by atoms with Crippen molar-refractivity contribution in [3.63, 3.8) is 0 Å². The predicted octanol–water partition coefficient (Wildman–Crippen LogP) is 2.41. The second-order valence-electron chi connectivity index (χ2n) is 8.03. The van der Waals surface area contributed by atoms with E-state index in [-0.39, 0.29) is 29.3 Å². The van der Waals surface area contributed by atoms with Gasteiger partial charge in [0.1, 0.15) is 10.7 Å². The Kier molecular flexibility index (Phi) is 6.01. The van der Waals surface area contributed by atoms with Gasteiger partial charge in [-0.3, -0.25) is 0 Å². The topological polar surface area (TPSA) is 157 Å².